The van der Waals surface area contributed by atoms with Gasteiger partial charge in [0.05, 0.1) is 49.4 Å². The number of nitrogens with zero attached hydrogens (tertiary/aromatic N) is 5. The van der Waals surface area contributed by atoms with Crippen molar-refractivity contribution in [3.8, 4) is 5.75 Å². The summed E-state index contributed by atoms with van der Waals surface area (Å²) in [6.45, 7) is 3.28. The zero-order chi connectivity index (χ0) is 99.4. The summed E-state index contributed by atoms with van der Waals surface area (Å²) >= 11 is 0.546. The molecule has 0 radical (unpaired) electrons. The Morgan fingerprint density at radius 2 is 1.04 bits per heavy atom. The summed E-state index contributed by atoms with van der Waals surface area (Å²) < 4.78 is 44.8. The Hall–Kier alpha value is -13.9. The number of carbonyl (C=O) groups excluding carboxylic acids is 16. The maximum Gasteiger partial charge on any atom is 0.305 e. The number of carbonyl (C=O) groups is 18. The van der Waals surface area contributed by atoms with Crippen molar-refractivity contribution >= 4 is 129 Å². The molecule has 0 bridgehead atoms. The summed E-state index contributed by atoms with van der Waals surface area (Å²) in [6.07, 6.45) is -6.56. The van der Waals surface area contributed by atoms with Crippen molar-refractivity contribution in [3.63, 3.8) is 0 Å². The number of aldehydes is 1. The van der Waals surface area contributed by atoms with Crippen LogP contribution in [0, 0.1) is 23.4 Å². The number of fused-ring (bicyclic) bond motifs is 1. The van der Waals surface area contributed by atoms with Crippen molar-refractivity contribution in [1.82, 2.24) is 72.0 Å². The number of thioether (sulfide) groups is 1. The molecular formula is C91H114F3N17O23S. The number of unbranched alkanes of at least 4 members (excludes halogenated alkanes) is 1. The third-order valence-electron chi connectivity index (χ3n) is 23.1. The summed E-state index contributed by atoms with van der Waals surface area (Å²) in [5.41, 5.74) is 19.1. The highest BCUT2D eigenvalue weighted by Crippen LogP contribution is 2.29. The van der Waals surface area contributed by atoms with Crippen LogP contribution in [-0.4, -0.2) is 305 Å². The lowest BCUT2D eigenvalue weighted by molar-refractivity contribution is -0.152. The van der Waals surface area contributed by atoms with Gasteiger partial charge in [-0.05, 0) is 76.9 Å². The van der Waals surface area contributed by atoms with Crippen LogP contribution in [-0.2, 0) is 118 Å². The maximum atomic E-state index is 15.4. The van der Waals surface area contributed by atoms with Crippen molar-refractivity contribution in [2.75, 3.05) is 52.3 Å². The molecule has 135 heavy (non-hydrogen) atoms. The molecule has 2 aliphatic heterocycles. The van der Waals surface area contributed by atoms with Crippen molar-refractivity contribution in [2.24, 2.45) is 23.1 Å². The smallest absolute Gasteiger partial charge is 0.305 e. The van der Waals surface area contributed by atoms with E-state index in [0.717, 1.165) is 31.5 Å². The van der Waals surface area contributed by atoms with E-state index in [1.54, 1.807) is 106 Å². The fourth-order valence-electron chi connectivity index (χ4n) is 15.7. The number of β-amino-alcohol motifs (C(OH)–C–C–N with tert-alkyl or cyclic N) is 2. The Morgan fingerprint density at radius 1 is 0.533 bits per heavy atom. The van der Waals surface area contributed by atoms with E-state index in [0.29, 0.717) is 57.9 Å². The number of amides is 15. The van der Waals surface area contributed by atoms with Crippen LogP contribution >= 0.6 is 11.8 Å². The van der Waals surface area contributed by atoms with Gasteiger partial charge in [0.15, 0.2) is 17.5 Å². The van der Waals surface area contributed by atoms with Crippen LogP contribution in [0.15, 0.2) is 128 Å². The number of halogens is 3. The third-order valence-corrected chi connectivity index (χ3v) is 24.1. The van der Waals surface area contributed by atoms with Crippen LogP contribution in [0.2, 0.25) is 0 Å². The number of likely N-dealkylation sites (N-methyl/N-ethyl adjacent to an activating group) is 3. The second kappa shape index (κ2) is 50.3. The van der Waals surface area contributed by atoms with Gasteiger partial charge in [-0.2, -0.15) is 0 Å². The minimum atomic E-state index is -2.09. The molecule has 40 nitrogen and oxygen atoms in total. The highest BCUT2D eigenvalue weighted by Gasteiger charge is 2.48. The molecule has 1 unspecified atom stereocenters. The summed E-state index contributed by atoms with van der Waals surface area (Å²) in [7, 11) is 3.71. The van der Waals surface area contributed by atoms with Crippen LogP contribution in [0.25, 0.3) is 10.9 Å². The zero-order valence-electron chi connectivity index (χ0n) is 75.0. The molecule has 15 amide bonds. The van der Waals surface area contributed by atoms with Gasteiger partial charge in [-0.3, -0.25) is 81.5 Å². The van der Waals surface area contributed by atoms with Crippen molar-refractivity contribution in [1.29, 1.82) is 0 Å². The monoisotopic (exact) mass is 1900 g/mol. The first-order chi connectivity index (χ1) is 64.0. The average Bonchev–Trinajstić information content (AvgIpc) is 1.73. The van der Waals surface area contributed by atoms with Crippen LogP contribution < -0.4 is 59.7 Å². The number of benzene rings is 5. The van der Waals surface area contributed by atoms with Crippen LogP contribution in [0.4, 0.5) is 13.2 Å². The van der Waals surface area contributed by atoms with Gasteiger partial charge in [0.25, 0.3) is 0 Å². The number of nitrogens with one attached hydrogen (secondary N) is 9. The van der Waals surface area contributed by atoms with Gasteiger partial charge in [-0.25, -0.2) is 13.2 Å². The van der Waals surface area contributed by atoms with E-state index in [-0.39, 0.29) is 55.6 Å². The number of phenolic OH excluding ortho intramolecular Hbond substituents is 1. The van der Waals surface area contributed by atoms with Crippen LogP contribution in [0.5, 0.6) is 5.75 Å². The number of nitrogens with two attached hydrogens (primary N) is 3. The SMILES string of the molecule is CCCC[C@@H](C(=O)N1C[C@H](O)C[C@@H]1C(=O)N[C@H](C=O)CC(=O)O)N(C)C(=O)[C@H](Cc1ccccc1)N(C)C(=O)[C@H](Cc1cc(F)c(F)c(F)c1)NC(=O)CSC[C@H](NC(=O)[C@H](CC(N)=O)NC(=O)[C@H](Cc1ccc(O)cc1)NC(=O)[C@H](Cc1c[nH]c2ccccc12)NC(=O)[C@H]1C[C@@H](O)CN1C(=O)[C@H](CCC(=O)O)NC(=O)C(Cc1ccccc1)N(C)C(=O)[C@@H](N)C(C)C)C(=O)NCC(N)=O. The van der Waals surface area contributed by atoms with Gasteiger partial charge in [-0.1, -0.05) is 125 Å². The molecule has 3 heterocycles. The molecular weight excluding hydrogens is 1790 g/mol. The molecule has 0 aliphatic carbocycles. The van der Waals surface area contributed by atoms with E-state index in [2.05, 4.69) is 47.5 Å². The number of likely N-dealkylation sites (tertiary alicyclic amines) is 2. The number of aromatic nitrogens is 1. The summed E-state index contributed by atoms with van der Waals surface area (Å²) in [6, 6.07) is 8.09. The Bertz CT molecular complexity index is 5260. The van der Waals surface area contributed by atoms with Gasteiger partial charge in [0.1, 0.15) is 78.5 Å². The van der Waals surface area contributed by atoms with Crippen molar-refractivity contribution in [2.45, 2.75) is 201 Å². The van der Waals surface area contributed by atoms with Crippen molar-refractivity contribution < 1.29 is 125 Å². The minimum Gasteiger partial charge on any atom is -0.508 e. The number of hydrogen-bond donors (Lipinski definition) is 17. The Kier molecular flexibility index (Phi) is 39.7. The number of aliphatic hydroxyl groups is 2. The summed E-state index contributed by atoms with van der Waals surface area (Å²) in [5, 5.41) is 71.8. The first-order valence-corrected chi connectivity index (χ1v) is 44.6. The number of phenols is 1. The quantitative estimate of drug-likeness (QED) is 0.0153. The number of aliphatic hydroxyl groups excluding tert-OH is 2. The minimum absolute atomic E-state index is 0.0726. The van der Waals surface area contributed by atoms with Gasteiger partial charge in [-0.15, -0.1) is 11.8 Å². The zero-order valence-corrected chi connectivity index (χ0v) is 75.8. The summed E-state index contributed by atoms with van der Waals surface area (Å²) in [4.78, 5) is 260. The number of primary amides is 2. The molecule has 44 heteroatoms. The first-order valence-electron chi connectivity index (χ1n) is 43.5. The fraction of sp³-hybridized carbons (Fsp3) is 0.451. The van der Waals surface area contributed by atoms with Crippen LogP contribution in [0.3, 0.4) is 0 Å². The van der Waals surface area contributed by atoms with E-state index in [1.165, 1.54) is 44.6 Å². The van der Waals surface area contributed by atoms with E-state index < -0.39 is 297 Å². The number of aromatic hydroxyl groups is 1. The number of aromatic amines is 1. The van der Waals surface area contributed by atoms with E-state index in [4.69, 9.17) is 17.2 Å². The van der Waals surface area contributed by atoms with E-state index in [1.807, 2.05) is 0 Å². The Labute approximate surface area is 778 Å². The lowest BCUT2D eigenvalue weighted by Gasteiger charge is -2.37. The predicted molar refractivity (Wildman–Crippen MR) is 480 cm³/mol. The standard InChI is InChI=1S/C91H114F3N17O23S/c1-7-8-23-68(90(133)111-44-57(115)38-70(111)85(128)100-54(45-112)37-77(121)122)107(4)89(132)72(35-50-19-13-10-14-20-50)109(6)87(130)66(33-52-30-59(92)78(94)60(93)31-52)101-75(118)47-135-46-67(80(123)99-42-74(96)117)106-83(126)65(40-73(95)116)104-81(124)63(32-51-24-26-55(113)27-25-51)103-82(125)64(36-53-41-98-61-22-16-15-21-58(53)61)105-86(129)71-39-56(114)43-110(71)88(131)62(28-29-76(119)120)102-84(127)69(34-49-17-11-9-12-18-49)108(5)91(134)79(97)48(2)3/h9-22,24-27,30-31,41,45,48,54,56-57,62-72,79,98,113-115H,7-8,23,28-29,32-40,42-44,46-47,97H2,1-6H3,(H2,95,116)(H2,96,117)(H,99,123)(H,100,128)(H,101,118)(H,102,127)(H,103,125)(H,104,124)(H,105,129)(H,106,126)(H,119,120)(H,121,122)/t54-,56+,57+,62-,63-,64-,65-,66-,67-,68-,69?,70+,71+,72-,79-/m0/s1. The highest BCUT2D eigenvalue weighted by atomic mass is 32.2. The number of aliphatic carboxylic acids is 2. The Morgan fingerprint density at radius 3 is 1.61 bits per heavy atom. The predicted octanol–water partition coefficient (Wildman–Crippen LogP) is -1.48. The van der Waals surface area contributed by atoms with E-state index in [9.17, 15) is 87.5 Å². The van der Waals surface area contributed by atoms with Crippen LogP contribution in [0.1, 0.15) is 106 Å². The molecule has 728 valence electrons. The second-order valence-corrected chi connectivity index (χ2v) is 34.6. The molecule has 15 atom stereocenters. The first kappa shape index (κ1) is 106. The molecule has 8 rings (SSSR count). The molecule has 1 aromatic heterocycles. The molecule has 2 saturated heterocycles. The van der Waals surface area contributed by atoms with Crippen molar-refractivity contribution in [3.05, 3.63) is 173 Å². The second-order valence-electron chi connectivity index (χ2n) is 33.6. The van der Waals surface area contributed by atoms with Gasteiger partial charge in [0.2, 0.25) is 88.6 Å². The largest absolute Gasteiger partial charge is 0.508 e. The molecule has 0 saturated carbocycles. The number of hydrogen-bond acceptors (Lipinski definition) is 23. The topological polar surface area (TPSA) is 615 Å². The molecule has 2 fully saturated rings. The van der Waals surface area contributed by atoms with Gasteiger partial charge >= 0.3 is 11.9 Å². The molecule has 6 aromatic rings. The summed E-state index contributed by atoms with van der Waals surface area (Å²) in [5.74, 6) is -26.3. The number of carboxylic acids is 2. The number of para-hydroxylation sites is 1. The number of H-pyrrole nitrogens is 1. The third kappa shape index (κ3) is 30.6. The Balaban J connectivity index is 1.05. The van der Waals surface area contributed by atoms with E-state index >= 15 is 37.5 Å². The number of rotatable bonds is 50. The normalized spacial score (nSPS) is 17.0. The van der Waals surface area contributed by atoms with Gasteiger partial charge in [0, 0.05) is 108 Å². The van der Waals surface area contributed by atoms with Gasteiger partial charge < -0.3 is 120 Å². The highest BCUT2D eigenvalue weighted by molar-refractivity contribution is 8.00. The fourth-order valence-corrected chi connectivity index (χ4v) is 16.5. The molecule has 0 spiro atoms. The molecule has 2 aliphatic rings. The lowest BCUT2D eigenvalue weighted by atomic mass is 9.99. The average molecular weight is 1900 g/mol. The molecule has 20 N–H and O–H groups in total. The number of carboxylic acid groups (broad SMARTS) is 2. The lowest BCUT2D eigenvalue weighted by Crippen LogP contribution is -2.61. The maximum absolute atomic E-state index is 15.4. The molecule has 5 aromatic carbocycles.